The summed E-state index contributed by atoms with van der Waals surface area (Å²) in [5.74, 6) is 0. The summed E-state index contributed by atoms with van der Waals surface area (Å²) < 4.78 is 0. The van der Waals surface area contributed by atoms with Crippen molar-refractivity contribution in [3.63, 3.8) is 0 Å². The van der Waals surface area contributed by atoms with Gasteiger partial charge in [0.1, 0.15) is 0 Å². The molecule has 59 valence electrons. The van der Waals surface area contributed by atoms with Gasteiger partial charge in [0.05, 0.1) is 0 Å². The Bertz CT molecular complexity index is 161. The molecule has 0 amide bonds. The molecule has 0 bridgehead atoms. The first-order chi connectivity index (χ1) is 5.50. The summed E-state index contributed by atoms with van der Waals surface area (Å²) in [6.45, 7) is 0. The van der Waals surface area contributed by atoms with Gasteiger partial charge in [0.2, 0.25) is 0 Å². The summed E-state index contributed by atoms with van der Waals surface area (Å²) in [7, 11) is 0. The van der Waals surface area contributed by atoms with E-state index in [1.54, 1.807) is 0 Å². The SMILES string of the molecule is [CH]1C=CC=CCC=CCCC1. The number of rotatable bonds is 0. The van der Waals surface area contributed by atoms with Crippen LogP contribution >= 0.6 is 0 Å². The number of hydrogen-bond acceptors (Lipinski definition) is 0. The maximum atomic E-state index is 2.27. The summed E-state index contributed by atoms with van der Waals surface area (Å²) in [6, 6.07) is 0. The number of hydrogen-bond donors (Lipinski definition) is 0. The van der Waals surface area contributed by atoms with E-state index in [1.165, 1.54) is 19.3 Å². The fourth-order valence-electron chi connectivity index (χ4n) is 1.04. The van der Waals surface area contributed by atoms with Gasteiger partial charge in [0, 0.05) is 0 Å². The van der Waals surface area contributed by atoms with Crippen LogP contribution in [-0.4, -0.2) is 0 Å². The molecule has 0 heterocycles. The molecule has 0 aromatic rings. The Labute approximate surface area is 69.3 Å². The Morgan fingerprint density at radius 2 is 1.73 bits per heavy atom. The second kappa shape index (κ2) is 5.96. The van der Waals surface area contributed by atoms with Crippen LogP contribution in [-0.2, 0) is 0 Å². The third kappa shape index (κ3) is 4.60. The van der Waals surface area contributed by atoms with E-state index in [0.29, 0.717) is 0 Å². The summed E-state index contributed by atoms with van der Waals surface area (Å²) in [6.07, 6.45) is 20.0. The first-order valence-corrected chi connectivity index (χ1v) is 4.30. The van der Waals surface area contributed by atoms with Crippen molar-refractivity contribution in [2.45, 2.75) is 25.7 Å². The minimum atomic E-state index is 1.07. The van der Waals surface area contributed by atoms with Gasteiger partial charge in [-0.05, 0) is 32.1 Å². The molecule has 1 aliphatic rings. The largest absolute Gasteiger partial charge is 0.0882 e. The molecular formula is C11H15. The molecule has 0 aromatic carbocycles. The van der Waals surface area contributed by atoms with Crippen LogP contribution in [0.1, 0.15) is 25.7 Å². The predicted octanol–water partition coefficient (Wildman–Crippen LogP) is 3.43. The predicted molar refractivity (Wildman–Crippen MR) is 50.2 cm³/mol. The molecule has 0 aromatic heterocycles. The molecule has 0 N–H and O–H groups in total. The molecule has 0 unspecified atom stereocenters. The first kappa shape index (κ1) is 8.32. The second-order valence-corrected chi connectivity index (χ2v) is 2.69. The van der Waals surface area contributed by atoms with E-state index >= 15 is 0 Å². The van der Waals surface area contributed by atoms with Gasteiger partial charge >= 0.3 is 0 Å². The summed E-state index contributed by atoms with van der Waals surface area (Å²) in [5, 5.41) is 0. The average molecular weight is 147 g/mol. The molecular weight excluding hydrogens is 132 g/mol. The molecule has 0 atom stereocenters. The minimum absolute atomic E-state index is 1.07. The summed E-state index contributed by atoms with van der Waals surface area (Å²) in [4.78, 5) is 0. The van der Waals surface area contributed by atoms with E-state index in [9.17, 15) is 0 Å². The fourth-order valence-corrected chi connectivity index (χ4v) is 1.04. The summed E-state index contributed by atoms with van der Waals surface area (Å²) in [5.41, 5.74) is 0. The van der Waals surface area contributed by atoms with Gasteiger partial charge < -0.3 is 0 Å². The Kier molecular flexibility index (Phi) is 4.51. The van der Waals surface area contributed by atoms with Gasteiger partial charge in [0.15, 0.2) is 0 Å². The van der Waals surface area contributed by atoms with Crippen LogP contribution in [0.15, 0.2) is 36.5 Å². The Morgan fingerprint density at radius 1 is 0.727 bits per heavy atom. The highest BCUT2D eigenvalue weighted by molar-refractivity contribution is 5.09. The smallest absolute Gasteiger partial charge is 0.0166 e. The molecule has 0 heteroatoms. The van der Waals surface area contributed by atoms with Crippen LogP contribution in [0.25, 0.3) is 0 Å². The van der Waals surface area contributed by atoms with Crippen molar-refractivity contribution < 1.29 is 0 Å². The standard InChI is InChI=1S/C11H15/c1-2-4-6-8-10-11-9-7-5-3-1/h1-5,8,10H,6-7,9,11H2. The average Bonchev–Trinajstić information content (AvgIpc) is 2.08. The molecule has 0 aliphatic heterocycles. The highest BCUT2D eigenvalue weighted by atomic mass is 13.9. The lowest BCUT2D eigenvalue weighted by Gasteiger charge is -1.90. The van der Waals surface area contributed by atoms with Gasteiger partial charge in [0.25, 0.3) is 0 Å². The zero-order chi connectivity index (χ0) is 7.78. The topological polar surface area (TPSA) is 0 Å². The van der Waals surface area contributed by atoms with E-state index in [4.69, 9.17) is 0 Å². The van der Waals surface area contributed by atoms with Crippen LogP contribution in [0.4, 0.5) is 0 Å². The first-order valence-electron chi connectivity index (χ1n) is 4.30. The van der Waals surface area contributed by atoms with Gasteiger partial charge in [-0.15, -0.1) is 0 Å². The lowest BCUT2D eigenvalue weighted by atomic mass is 10.2. The lowest BCUT2D eigenvalue weighted by Crippen LogP contribution is -1.72. The normalized spacial score (nSPS) is 19.6. The van der Waals surface area contributed by atoms with Crippen molar-refractivity contribution in [1.82, 2.24) is 0 Å². The molecule has 0 saturated carbocycles. The van der Waals surface area contributed by atoms with Crippen molar-refractivity contribution in [1.29, 1.82) is 0 Å². The van der Waals surface area contributed by atoms with Gasteiger partial charge in [-0.1, -0.05) is 36.5 Å². The van der Waals surface area contributed by atoms with Crippen LogP contribution in [0, 0.1) is 6.42 Å². The molecule has 1 rings (SSSR count). The molecule has 1 radical (unpaired) electrons. The summed E-state index contributed by atoms with van der Waals surface area (Å²) >= 11 is 0. The van der Waals surface area contributed by atoms with E-state index in [2.05, 4.69) is 42.9 Å². The Hall–Kier alpha value is -0.780. The van der Waals surface area contributed by atoms with E-state index < -0.39 is 0 Å². The third-order valence-electron chi connectivity index (χ3n) is 1.67. The molecule has 0 saturated heterocycles. The van der Waals surface area contributed by atoms with Gasteiger partial charge in [-0.25, -0.2) is 0 Å². The van der Waals surface area contributed by atoms with Gasteiger partial charge in [-0.3, -0.25) is 0 Å². The van der Waals surface area contributed by atoms with Gasteiger partial charge in [-0.2, -0.15) is 0 Å². The zero-order valence-electron chi connectivity index (χ0n) is 6.87. The maximum Gasteiger partial charge on any atom is -0.0166 e. The van der Waals surface area contributed by atoms with E-state index in [0.717, 1.165) is 6.42 Å². The fraction of sp³-hybridized carbons (Fsp3) is 0.364. The zero-order valence-corrected chi connectivity index (χ0v) is 6.87. The third-order valence-corrected chi connectivity index (χ3v) is 1.67. The second-order valence-electron chi connectivity index (χ2n) is 2.69. The molecule has 0 nitrogen and oxygen atoms in total. The quantitative estimate of drug-likeness (QED) is 0.460. The highest BCUT2D eigenvalue weighted by Gasteiger charge is 1.83. The number of allylic oxidation sites excluding steroid dienone is 6. The van der Waals surface area contributed by atoms with Crippen molar-refractivity contribution >= 4 is 0 Å². The Balaban J connectivity index is 2.35. The monoisotopic (exact) mass is 147 g/mol. The maximum absolute atomic E-state index is 2.27. The molecule has 11 heavy (non-hydrogen) atoms. The molecule has 1 aliphatic carbocycles. The lowest BCUT2D eigenvalue weighted by molar-refractivity contribution is 0.841. The van der Waals surface area contributed by atoms with Crippen LogP contribution in [0.3, 0.4) is 0 Å². The highest BCUT2D eigenvalue weighted by Crippen LogP contribution is 2.02. The molecule has 0 spiro atoms. The molecule has 0 fully saturated rings. The van der Waals surface area contributed by atoms with Crippen molar-refractivity contribution in [3.05, 3.63) is 42.9 Å². The van der Waals surface area contributed by atoms with Crippen molar-refractivity contribution in [2.75, 3.05) is 0 Å². The van der Waals surface area contributed by atoms with E-state index in [-0.39, 0.29) is 0 Å². The van der Waals surface area contributed by atoms with Crippen LogP contribution < -0.4 is 0 Å². The van der Waals surface area contributed by atoms with Crippen molar-refractivity contribution in [3.8, 4) is 0 Å². The van der Waals surface area contributed by atoms with Crippen LogP contribution in [0.2, 0.25) is 0 Å². The minimum Gasteiger partial charge on any atom is -0.0882 e. The van der Waals surface area contributed by atoms with E-state index in [1.807, 2.05) is 0 Å². The Morgan fingerprint density at radius 3 is 2.73 bits per heavy atom. The van der Waals surface area contributed by atoms with Crippen molar-refractivity contribution in [2.24, 2.45) is 0 Å². The van der Waals surface area contributed by atoms with Crippen LogP contribution in [0.5, 0.6) is 0 Å².